The Kier molecular flexibility index (Phi) is 4.93. The maximum atomic E-state index is 11.9. The molecule has 0 atom stereocenters. The quantitative estimate of drug-likeness (QED) is 0.516. The summed E-state index contributed by atoms with van der Waals surface area (Å²) in [4.78, 5) is 13.9. The van der Waals surface area contributed by atoms with Gasteiger partial charge < -0.3 is 15.6 Å². The molecular formula is C12H20N4O. The molecule has 0 aromatic heterocycles. The third-order valence-electron chi connectivity index (χ3n) is 2.48. The predicted octanol–water partition coefficient (Wildman–Crippen LogP) is 0.572. The molecule has 1 amide bonds. The molecule has 0 saturated heterocycles. The number of anilines is 1. The summed E-state index contributed by atoms with van der Waals surface area (Å²) < 4.78 is 0. The summed E-state index contributed by atoms with van der Waals surface area (Å²) in [7, 11) is 3.94. The molecule has 0 aliphatic rings. The molecule has 0 fully saturated rings. The Bertz CT molecular complexity index is 390. The van der Waals surface area contributed by atoms with E-state index in [1.807, 2.05) is 32.0 Å². The first-order valence-electron chi connectivity index (χ1n) is 5.55. The first-order chi connectivity index (χ1) is 8.04. The molecule has 4 N–H and O–H groups in total. The SMILES string of the molecule is Cc1cc(NN)ccc1C(=O)NCCN(C)C. The van der Waals surface area contributed by atoms with Crippen LogP contribution in [0.4, 0.5) is 5.69 Å². The van der Waals surface area contributed by atoms with Gasteiger partial charge in [-0.3, -0.25) is 10.6 Å². The molecular weight excluding hydrogens is 216 g/mol. The number of hydrazine groups is 1. The number of hydrogen-bond donors (Lipinski definition) is 3. The molecule has 0 unspecified atom stereocenters. The highest BCUT2D eigenvalue weighted by Crippen LogP contribution is 2.13. The lowest BCUT2D eigenvalue weighted by atomic mass is 10.1. The van der Waals surface area contributed by atoms with Crippen LogP contribution in [0.1, 0.15) is 15.9 Å². The summed E-state index contributed by atoms with van der Waals surface area (Å²) in [6.45, 7) is 3.36. The van der Waals surface area contributed by atoms with Gasteiger partial charge in [-0.15, -0.1) is 0 Å². The van der Waals surface area contributed by atoms with Gasteiger partial charge in [0.2, 0.25) is 0 Å². The van der Waals surface area contributed by atoms with Crippen molar-refractivity contribution >= 4 is 11.6 Å². The third kappa shape index (κ3) is 4.05. The van der Waals surface area contributed by atoms with Gasteiger partial charge in [0, 0.05) is 24.3 Å². The number of carbonyl (C=O) groups is 1. The summed E-state index contributed by atoms with van der Waals surface area (Å²) in [5, 5.41) is 2.88. The van der Waals surface area contributed by atoms with E-state index in [4.69, 9.17) is 5.84 Å². The molecule has 94 valence electrons. The standard InChI is InChI=1S/C12H20N4O/c1-9-8-10(15-13)4-5-11(9)12(17)14-6-7-16(2)3/h4-5,8,15H,6-7,13H2,1-3H3,(H,14,17). The summed E-state index contributed by atoms with van der Waals surface area (Å²) in [6, 6.07) is 5.41. The lowest BCUT2D eigenvalue weighted by molar-refractivity contribution is 0.0950. The zero-order valence-electron chi connectivity index (χ0n) is 10.6. The molecule has 0 aliphatic carbocycles. The van der Waals surface area contributed by atoms with Gasteiger partial charge in [0.25, 0.3) is 5.91 Å². The van der Waals surface area contributed by atoms with Gasteiger partial charge in [0.05, 0.1) is 0 Å². The molecule has 0 radical (unpaired) electrons. The van der Waals surface area contributed by atoms with Crippen molar-refractivity contribution in [3.63, 3.8) is 0 Å². The van der Waals surface area contributed by atoms with Gasteiger partial charge in [0.15, 0.2) is 0 Å². The molecule has 1 aromatic carbocycles. The van der Waals surface area contributed by atoms with Crippen molar-refractivity contribution in [1.29, 1.82) is 0 Å². The number of likely N-dealkylation sites (N-methyl/N-ethyl adjacent to an activating group) is 1. The number of rotatable bonds is 5. The van der Waals surface area contributed by atoms with Crippen molar-refractivity contribution in [3.8, 4) is 0 Å². The topological polar surface area (TPSA) is 70.4 Å². The van der Waals surface area contributed by atoms with Crippen molar-refractivity contribution in [2.45, 2.75) is 6.92 Å². The molecule has 0 saturated carbocycles. The molecule has 17 heavy (non-hydrogen) atoms. The average molecular weight is 236 g/mol. The van der Waals surface area contributed by atoms with E-state index in [0.29, 0.717) is 12.1 Å². The number of nitrogens with two attached hydrogens (primary N) is 1. The van der Waals surface area contributed by atoms with E-state index in [2.05, 4.69) is 10.7 Å². The number of nitrogens with one attached hydrogen (secondary N) is 2. The molecule has 5 nitrogen and oxygen atoms in total. The number of aryl methyl sites for hydroxylation is 1. The number of carbonyl (C=O) groups excluding carboxylic acids is 1. The fourth-order valence-corrected chi connectivity index (χ4v) is 1.50. The molecule has 5 heteroatoms. The second-order valence-electron chi connectivity index (χ2n) is 4.23. The van der Waals surface area contributed by atoms with Crippen LogP contribution in [0.3, 0.4) is 0 Å². The van der Waals surface area contributed by atoms with E-state index in [-0.39, 0.29) is 5.91 Å². The first-order valence-corrected chi connectivity index (χ1v) is 5.55. The van der Waals surface area contributed by atoms with Crippen molar-refractivity contribution in [2.24, 2.45) is 5.84 Å². The van der Waals surface area contributed by atoms with Crippen molar-refractivity contribution in [1.82, 2.24) is 10.2 Å². The second kappa shape index (κ2) is 6.22. The van der Waals surface area contributed by atoms with Crippen molar-refractivity contribution in [2.75, 3.05) is 32.6 Å². The van der Waals surface area contributed by atoms with Gasteiger partial charge in [-0.1, -0.05) is 0 Å². The van der Waals surface area contributed by atoms with E-state index < -0.39 is 0 Å². The van der Waals surface area contributed by atoms with Gasteiger partial charge in [0.1, 0.15) is 0 Å². The third-order valence-corrected chi connectivity index (χ3v) is 2.48. The monoisotopic (exact) mass is 236 g/mol. The van der Waals surface area contributed by atoms with Crippen LogP contribution in [-0.2, 0) is 0 Å². The maximum Gasteiger partial charge on any atom is 0.251 e. The Morgan fingerprint density at radius 3 is 2.65 bits per heavy atom. The van der Waals surface area contributed by atoms with Crippen molar-refractivity contribution < 1.29 is 4.79 Å². The summed E-state index contributed by atoms with van der Waals surface area (Å²) >= 11 is 0. The Morgan fingerprint density at radius 1 is 1.41 bits per heavy atom. The Labute approximate surface area is 102 Å². The van der Waals surface area contributed by atoms with E-state index in [9.17, 15) is 4.79 Å². The largest absolute Gasteiger partial charge is 0.351 e. The van der Waals surface area contributed by atoms with E-state index >= 15 is 0 Å². The molecule has 1 rings (SSSR count). The van der Waals surface area contributed by atoms with Crippen LogP contribution in [-0.4, -0.2) is 38.0 Å². The highest BCUT2D eigenvalue weighted by Gasteiger charge is 2.08. The highest BCUT2D eigenvalue weighted by atomic mass is 16.1. The normalized spacial score (nSPS) is 10.4. The lowest BCUT2D eigenvalue weighted by Crippen LogP contribution is -2.31. The van der Waals surface area contributed by atoms with Crippen LogP contribution in [0.15, 0.2) is 18.2 Å². The first kappa shape index (κ1) is 13.5. The fourth-order valence-electron chi connectivity index (χ4n) is 1.50. The number of nitrogen functional groups attached to an aromatic ring is 1. The van der Waals surface area contributed by atoms with Gasteiger partial charge in [-0.05, 0) is 44.8 Å². The molecule has 0 bridgehead atoms. The average Bonchev–Trinajstić information content (AvgIpc) is 2.28. The molecule has 1 aromatic rings. The minimum absolute atomic E-state index is 0.0482. The van der Waals surface area contributed by atoms with Crippen LogP contribution in [0, 0.1) is 6.92 Å². The highest BCUT2D eigenvalue weighted by molar-refractivity contribution is 5.96. The lowest BCUT2D eigenvalue weighted by Gasteiger charge is -2.12. The smallest absolute Gasteiger partial charge is 0.251 e. The zero-order chi connectivity index (χ0) is 12.8. The van der Waals surface area contributed by atoms with E-state index in [1.165, 1.54) is 0 Å². The molecule has 0 aliphatic heterocycles. The van der Waals surface area contributed by atoms with Gasteiger partial charge in [-0.25, -0.2) is 0 Å². The van der Waals surface area contributed by atoms with Gasteiger partial charge in [-0.2, -0.15) is 0 Å². The van der Waals surface area contributed by atoms with Crippen LogP contribution < -0.4 is 16.6 Å². The van der Waals surface area contributed by atoms with Crippen LogP contribution in [0.25, 0.3) is 0 Å². The van der Waals surface area contributed by atoms with Gasteiger partial charge >= 0.3 is 0 Å². The second-order valence-corrected chi connectivity index (χ2v) is 4.23. The summed E-state index contributed by atoms with van der Waals surface area (Å²) in [5.74, 6) is 5.25. The minimum atomic E-state index is -0.0482. The minimum Gasteiger partial charge on any atom is -0.351 e. The number of amides is 1. The zero-order valence-corrected chi connectivity index (χ0v) is 10.6. The van der Waals surface area contributed by atoms with Crippen molar-refractivity contribution in [3.05, 3.63) is 29.3 Å². The Morgan fingerprint density at radius 2 is 2.12 bits per heavy atom. The predicted molar refractivity (Wildman–Crippen MR) is 69.9 cm³/mol. The Balaban J connectivity index is 2.63. The van der Waals surface area contributed by atoms with E-state index in [1.54, 1.807) is 12.1 Å². The van der Waals surface area contributed by atoms with E-state index in [0.717, 1.165) is 17.8 Å². The molecule has 0 spiro atoms. The van der Waals surface area contributed by atoms with Crippen LogP contribution in [0.5, 0.6) is 0 Å². The maximum absolute atomic E-state index is 11.9. The van der Waals surface area contributed by atoms with Crippen LogP contribution in [0.2, 0.25) is 0 Å². The fraction of sp³-hybridized carbons (Fsp3) is 0.417. The van der Waals surface area contributed by atoms with Crippen LogP contribution >= 0.6 is 0 Å². The number of hydrogen-bond acceptors (Lipinski definition) is 4. The summed E-state index contributed by atoms with van der Waals surface area (Å²) in [5.41, 5.74) is 4.94. The Hall–Kier alpha value is -1.59. The number of benzene rings is 1. The number of nitrogens with zero attached hydrogens (tertiary/aromatic N) is 1. The molecule has 0 heterocycles. The summed E-state index contributed by atoms with van der Waals surface area (Å²) in [6.07, 6.45) is 0.